The lowest BCUT2D eigenvalue weighted by molar-refractivity contribution is -0.147. The number of nitrogens with one attached hydrogen (secondary N) is 1. The van der Waals surface area contributed by atoms with Crippen LogP contribution < -0.4 is 5.32 Å². The number of rotatable bonds is 5. The summed E-state index contributed by atoms with van der Waals surface area (Å²) in [5, 5.41) is 3.63. The van der Waals surface area contributed by atoms with E-state index in [1.54, 1.807) is 25.3 Å². The van der Waals surface area contributed by atoms with Gasteiger partial charge in [0.1, 0.15) is 11.1 Å². The minimum atomic E-state index is -0.921. The van der Waals surface area contributed by atoms with Gasteiger partial charge in [-0.2, -0.15) is 0 Å². The van der Waals surface area contributed by atoms with Crippen LogP contribution >= 0.6 is 0 Å². The van der Waals surface area contributed by atoms with E-state index in [1.807, 2.05) is 25.1 Å². The van der Waals surface area contributed by atoms with Crippen molar-refractivity contribution in [3.8, 4) is 0 Å². The normalized spacial score (nSPS) is 20.2. The van der Waals surface area contributed by atoms with Crippen molar-refractivity contribution in [3.05, 3.63) is 35.6 Å². The predicted molar refractivity (Wildman–Crippen MR) is 94.3 cm³/mol. The van der Waals surface area contributed by atoms with Gasteiger partial charge in [-0.15, -0.1) is 0 Å². The molecule has 1 aliphatic rings. The summed E-state index contributed by atoms with van der Waals surface area (Å²) in [5.74, 6) is -0.254. The molecule has 2 amide bonds. The molecule has 3 rings (SSSR count). The molecule has 1 fully saturated rings. The monoisotopic (exact) mass is 344 g/mol. The maximum atomic E-state index is 13.0. The molecule has 25 heavy (non-hydrogen) atoms. The van der Waals surface area contributed by atoms with Crippen LogP contribution in [-0.4, -0.2) is 49.6 Å². The van der Waals surface area contributed by atoms with Crippen molar-refractivity contribution >= 4 is 22.8 Å². The highest BCUT2D eigenvalue weighted by molar-refractivity contribution is 5.94. The Morgan fingerprint density at radius 3 is 2.92 bits per heavy atom. The molecule has 0 bridgehead atoms. The van der Waals surface area contributed by atoms with Crippen LogP contribution in [0.1, 0.15) is 24.0 Å². The number of fused-ring (bicyclic) bond motifs is 1. The number of hydrogen-bond acceptors (Lipinski definition) is 4. The molecule has 1 aliphatic heterocycles. The molecule has 2 heterocycles. The van der Waals surface area contributed by atoms with Crippen LogP contribution in [0.2, 0.25) is 0 Å². The van der Waals surface area contributed by atoms with E-state index in [0.717, 1.165) is 28.5 Å². The highest BCUT2D eigenvalue weighted by Gasteiger charge is 2.49. The lowest BCUT2D eigenvalue weighted by atomic mass is 9.95. The Morgan fingerprint density at radius 1 is 1.40 bits per heavy atom. The quantitative estimate of drug-likeness (QED) is 0.901. The van der Waals surface area contributed by atoms with Gasteiger partial charge >= 0.3 is 0 Å². The van der Waals surface area contributed by atoms with Gasteiger partial charge in [-0.3, -0.25) is 9.59 Å². The molecule has 1 saturated heterocycles. The fourth-order valence-corrected chi connectivity index (χ4v) is 3.76. The number of ether oxygens (including phenoxy) is 1. The average Bonchev–Trinajstić information content (AvgIpc) is 3.19. The highest BCUT2D eigenvalue weighted by atomic mass is 16.5. The van der Waals surface area contributed by atoms with Gasteiger partial charge < -0.3 is 19.4 Å². The van der Waals surface area contributed by atoms with Crippen molar-refractivity contribution in [1.29, 1.82) is 0 Å². The van der Waals surface area contributed by atoms with E-state index in [4.69, 9.17) is 9.15 Å². The van der Waals surface area contributed by atoms with Crippen LogP contribution in [0.3, 0.4) is 0 Å². The third-order valence-electron chi connectivity index (χ3n) is 4.97. The Morgan fingerprint density at radius 2 is 2.20 bits per heavy atom. The molecule has 0 radical (unpaired) electrons. The summed E-state index contributed by atoms with van der Waals surface area (Å²) in [6, 6.07) is 5.91. The van der Waals surface area contributed by atoms with Crippen LogP contribution in [0.4, 0.5) is 0 Å². The largest absolute Gasteiger partial charge is 0.464 e. The summed E-state index contributed by atoms with van der Waals surface area (Å²) in [4.78, 5) is 27.2. The fourth-order valence-electron chi connectivity index (χ4n) is 3.76. The van der Waals surface area contributed by atoms with E-state index in [9.17, 15) is 9.59 Å². The number of likely N-dealkylation sites (N-methyl/N-ethyl adjacent to an activating group) is 1. The molecule has 0 spiro atoms. The first-order valence-corrected chi connectivity index (χ1v) is 8.50. The Bertz CT molecular complexity index is 798. The maximum Gasteiger partial charge on any atom is 0.248 e. The SMILES string of the molecule is CNC(=O)C1(COC)CCCN1C(=O)Cc1coc2ccc(C)cc12. The van der Waals surface area contributed by atoms with Crippen molar-refractivity contribution in [2.24, 2.45) is 0 Å². The Balaban J connectivity index is 1.88. The number of aryl methyl sites for hydroxylation is 1. The van der Waals surface area contributed by atoms with Crippen molar-refractivity contribution in [2.75, 3.05) is 27.3 Å². The number of carbonyl (C=O) groups excluding carboxylic acids is 2. The molecule has 0 aliphatic carbocycles. The summed E-state index contributed by atoms with van der Waals surface area (Å²) in [6.45, 7) is 2.77. The second-order valence-electron chi connectivity index (χ2n) is 6.63. The first-order chi connectivity index (χ1) is 12.0. The van der Waals surface area contributed by atoms with Gasteiger partial charge in [0, 0.05) is 31.7 Å². The van der Waals surface area contributed by atoms with Gasteiger partial charge in [0.05, 0.1) is 19.3 Å². The summed E-state index contributed by atoms with van der Waals surface area (Å²) < 4.78 is 10.8. The molecule has 6 nitrogen and oxygen atoms in total. The van der Waals surface area contributed by atoms with Crippen molar-refractivity contribution in [3.63, 3.8) is 0 Å². The van der Waals surface area contributed by atoms with Gasteiger partial charge in [-0.1, -0.05) is 11.6 Å². The smallest absolute Gasteiger partial charge is 0.248 e. The van der Waals surface area contributed by atoms with Crippen molar-refractivity contribution < 1.29 is 18.7 Å². The minimum Gasteiger partial charge on any atom is -0.464 e. The number of amides is 2. The lowest BCUT2D eigenvalue weighted by Crippen LogP contribution is -2.59. The van der Waals surface area contributed by atoms with Gasteiger partial charge in [0.25, 0.3) is 0 Å². The summed E-state index contributed by atoms with van der Waals surface area (Å²) in [5.41, 5.74) is 1.81. The first kappa shape index (κ1) is 17.5. The molecule has 1 unspecified atom stereocenters. The number of furan rings is 1. The van der Waals surface area contributed by atoms with Crippen LogP contribution in [0.25, 0.3) is 11.0 Å². The summed E-state index contributed by atoms with van der Waals surface area (Å²) in [7, 11) is 3.14. The zero-order valence-corrected chi connectivity index (χ0v) is 14.9. The number of benzene rings is 1. The van der Waals surface area contributed by atoms with Crippen LogP contribution in [-0.2, 0) is 20.7 Å². The lowest BCUT2D eigenvalue weighted by Gasteiger charge is -2.36. The number of carbonyl (C=O) groups is 2. The van der Waals surface area contributed by atoms with Gasteiger partial charge in [0.15, 0.2) is 0 Å². The minimum absolute atomic E-state index is 0.0812. The van der Waals surface area contributed by atoms with Gasteiger partial charge in [-0.05, 0) is 31.9 Å². The molecule has 0 saturated carbocycles. The Hall–Kier alpha value is -2.34. The molecular formula is C19H24N2O4. The number of methoxy groups -OCH3 is 1. The van der Waals surface area contributed by atoms with Gasteiger partial charge in [-0.25, -0.2) is 0 Å². The van der Waals surface area contributed by atoms with E-state index in [0.29, 0.717) is 13.0 Å². The molecule has 1 aromatic heterocycles. The second kappa shape index (κ2) is 6.88. The topological polar surface area (TPSA) is 71.8 Å². The molecule has 1 N–H and O–H groups in total. The number of likely N-dealkylation sites (tertiary alicyclic amines) is 1. The highest BCUT2D eigenvalue weighted by Crippen LogP contribution is 2.32. The molecule has 6 heteroatoms. The third kappa shape index (κ3) is 3.02. The Kier molecular flexibility index (Phi) is 4.81. The molecular weight excluding hydrogens is 320 g/mol. The molecule has 1 aromatic carbocycles. The standard InChI is InChI=1S/C19H24N2O4/c1-13-5-6-16-15(9-13)14(11-25-16)10-17(22)21-8-4-7-19(21,12-24-3)18(23)20-2/h5-6,9,11H,4,7-8,10,12H2,1-3H3,(H,20,23). The van der Waals surface area contributed by atoms with E-state index in [1.165, 1.54) is 0 Å². The van der Waals surface area contributed by atoms with Crippen molar-refractivity contribution in [2.45, 2.75) is 31.7 Å². The second-order valence-corrected chi connectivity index (χ2v) is 6.63. The Labute approximate surface area is 147 Å². The fraction of sp³-hybridized carbons (Fsp3) is 0.474. The van der Waals surface area contributed by atoms with Gasteiger partial charge in [0.2, 0.25) is 11.8 Å². The van der Waals surface area contributed by atoms with E-state index in [2.05, 4.69) is 5.32 Å². The van der Waals surface area contributed by atoms with Crippen molar-refractivity contribution in [1.82, 2.24) is 10.2 Å². The maximum absolute atomic E-state index is 13.0. The van der Waals surface area contributed by atoms with E-state index >= 15 is 0 Å². The predicted octanol–water partition coefficient (Wildman–Crippen LogP) is 2.04. The van der Waals surface area contributed by atoms with E-state index < -0.39 is 5.54 Å². The third-order valence-corrected chi connectivity index (χ3v) is 4.97. The number of hydrogen-bond donors (Lipinski definition) is 1. The van der Waals surface area contributed by atoms with Crippen LogP contribution in [0, 0.1) is 6.92 Å². The van der Waals surface area contributed by atoms with E-state index in [-0.39, 0.29) is 24.8 Å². The van der Waals surface area contributed by atoms with Crippen LogP contribution in [0.5, 0.6) is 0 Å². The molecule has 2 aromatic rings. The summed E-state index contributed by atoms with van der Waals surface area (Å²) >= 11 is 0. The number of nitrogens with zero attached hydrogens (tertiary/aromatic N) is 1. The average molecular weight is 344 g/mol. The van der Waals surface area contributed by atoms with Crippen LogP contribution in [0.15, 0.2) is 28.9 Å². The first-order valence-electron chi connectivity index (χ1n) is 8.50. The molecule has 1 atom stereocenters. The molecule has 134 valence electrons. The zero-order valence-electron chi connectivity index (χ0n) is 14.9. The zero-order chi connectivity index (χ0) is 18.0. The summed E-state index contributed by atoms with van der Waals surface area (Å²) in [6.07, 6.45) is 3.24.